The summed E-state index contributed by atoms with van der Waals surface area (Å²) in [5.41, 5.74) is 4.25. The number of tetrazole rings is 1. The Morgan fingerprint density at radius 1 is 1.07 bits per heavy atom. The van der Waals surface area contributed by atoms with E-state index in [0.717, 1.165) is 22.9 Å². The first-order chi connectivity index (χ1) is 14.6. The molecular weight excluding hydrogens is 376 g/mol. The Bertz CT molecular complexity index is 1150. The van der Waals surface area contributed by atoms with E-state index in [1.165, 1.54) is 11.1 Å². The van der Waals surface area contributed by atoms with Crippen LogP contribution in [0.15, 0.2) is 60.7 Å². The number of hydrogen-bond donors (Lipinski definition) is 2. The van der Waals surface area contributed by atoms with E-state index in [4.69, 9.17) is 0 Å². The molecule has 2 N–H and O–H groups in total. The van der Waals surface area contributed by atoms with Gasteiger partial charge in [0.25, 0.3) is 5.91 Å². The molecule has 0 fully saturated rings. The summed E-state index contributed by atoms with van der Waals surface area (Å²) in [6, 6.07) is 20.6. The number of benzene rings is 3. The van der Waals surface area contributed by atoms with Crippen LogP contribution in [0.4, 0.5) is 0 Å². The zero-order valence-electron chi connectivity index (χ0n) is 17.1. The van der Waals surface area contributed by atoms with Crippen molar-refractivity contribution in [2.45, 2.75) is 13.0 Å². The topological polar surface area (TPSA) is 86.8 Å². The minimum atomic E-state index is -0.112. The molecule has 0 aliphatic carbocycles. The molecule has 0 radical (unpaired) electrons. The zero-order chi connectivity index (χ0) is 20.9. The molecule has 0 bridgehead atoms. The molecule has 7 nitrogen and oxygen atoms in total. The quantitative estimate of drug-likeness (QED) is 0.498. The molecule has 0 spiro atoms. The molecule has 0 unspecified atom stereocenters. The van der Waals surface area contributed by atoms with E-state index < -0.39 is 0 Å². The van der Waals surface area contributed by atoms with E-state index in [2.05, 4.69) is 75.3 Å². The van der Waals surface area contributed by atoms with Crippen LogP contribution >= 0.6 is 0 Å². The lowest BCUT2D eigenvalue weighted by molar-refractivity contribution is 0.0954. The predicted molar refractivity (Wildman–Crippen MR) is 117 cm³/mol. The number of fused-ring (bicyclic) bond motifs is 1. The Balaban J connectivity index is 1.55. The molecule has 0 saturated heterocycles. The van der Waals surface area contributed by atoms with Crippen molar-refractivity contribution >= 4 is 16.7 Å². The van der Waals surface area contributed by atoms with Crippen LogP contribution in [0.25, 0.3) is 21.9 Å². The number of amides is 1. The van der Waals surface area contributed by atoms with Crippen LogP contribution in [-0.4, -0.2) is 52.1 Å². The number of rotatable bonds is 7. The number of nitrogens with zero attached hydrogens (tertiary/aromatic N) is 4. The summed E-state index contributed by atoms with van der Waals surface area (Å²) in [6.07, 6.45) is 0.531. The van der Waals surface area contributed by atoms with Crippen molar-refractivity contribution in [3.63, 3.8) is 0 Å². The highest BCUT2D eigenvalue weighted by Gasteiger charge is 2.10. The van der Waals surface area contributed by atoms with Crippen LogP contribution in [0.1, 0.15) is 21.7 Å². The molecule has 30 heavy (non-hydrogen) atoms. The fourth-order valence-electron chi connectivity index (χ4n) is 3.56. The van der Waals surface area contributed by atoms with E-state index in [1.54, 1.807) is 0 Å². The van der Waals surface area contributed by atoms with Crippen molar-refractivity contribution in [2.75, 3.05) is 20.6 Å². The van der Waals surface area contributed by atoms with Crippen LogP contribution in [0.3, 0.4) is 0 Å². The smallest absolute Gasteiger partial charge is 0.251 e. The van der Waals surface area contributed by atoms with E-state index in [0.29, 0.717) is 24.4 Å². The van der Waals surface area contributed by atoms with E-state index in [9.17, 15) is 4.79 Å². The average Bonchev–Trinajstić information content (AvgIpc) is 3.26. The Kier molecular flexibility index (Phi) is 5.81. The fourth-order valence-corrected chi connectivity index (χ4v) is 3.56. The zero-order valence-corrected chi connectivity index (χ0v) is 17.1. The lowest BCUT2D eigenvalue weighted by atomic mass is 9.95. The summed E-state index contributed by atoms with van der Waals surface area (Å²) in [4.78, 5) is 14.7. The van der Waals surface area contributed by atoms with Crippen molar-refractivity contribution in [3.8, 4) is 11.1 Å². The summed E-state index contributed by atoms with van der Waals surface area (Å²) in [5.74, 6) is 0.466. The first-order valence-electron chi connectivity index (χ1n) is 9.87. The second-order valence-electron chi connectivity index (χ2n) is 7.51. The van der Waals surface area contributed by atoms with Crippen molar-refractivity contribution in [1.82, 2.24) is 30.8 Å². The molecule has 7 heteroatoms. The molecule has 1 aromatic heterocycles. The largest absolute Gasteiger partial charge is 0.352 e. The highest BCUT2D eigenvalue weighted by Crippen LogP contribution is 2.30. The third-order valence-electron chi connectivity index (χ3n) is 4.90. The van der Waals surface area contributed by atoms with Crippen LogP contribution in [0.2, 0.25) is 0 Å². The number of carbonyl (C=O) groups excluding carboxylic acids is 1. The fraction of sp³-hybridized carbons (Fsp3) is 0.217. The lowest BCUT2D eigenvalue weighted by Crippen LogP contribution is -2.25. The molecular formula is C23H24N6O. The van der Waals surface area contributed by atoms with Gasteiger partial charge in [0.05, 0.1) is 0 Å². The molecule has 1 heterocycles. The monoisotopic (exact) mass is 400 g/mol. The van der Waals surface area contributed by atoms with E-state index >= 15 is 0 Å². The molecule has 4 rings (SSSR count). The first kappa shape index (κ1) is 19.7. The summed E-state index contributed by atoms with van der Waals surface area (Å²) < 4.78 is 0. The van der Waals surface area contributed by atoms with Gasteiger partial charge in [0.15, 0.2) is 5.82 Å². The minimum Gasteiger partial charge on any atom is -0.352 e. The SMILES string of the molecule is CN(C)Cc1cccc(-c2cccc3cc(C(=O)NCCc4nn[nH]n4)ccc23)c1. The number of aromatic amines is 1. The molecule has 1 amide bonds. The standard InChI is InChI=1S/C23H24N6O/c1-29(2)15-16-5-3-6-17(13-16)20-8-4-7-18-14-19(9-10-21(18)20)23(30)24-12-11-22-25-27-28-26-22/h3-10,13-14H,11-12,15H2,1-2H3,(H,24,30)(H,25,26,27,28). The number of hydrogen-bond acceptors (Lipinski definition) is 5. The van der Waals surface area contributed by atoms with Gasteiger partial charge in [0.2, 0.25) is 0 Å². The highest BCUT2D eigenvalue weighted by molar-refractivity contribution is 6.02. The minimum absolute atomic E-state index is 0.112. The van der Waals surface area contributed by atoms with Gasteiger partial charge in [0.1, 0.15) is 0 Å². The summed E-state index contributed by atoms with van der Waals surface area (Å²) >= 11 is 0. The third-order valence-corrected chi connectivity index (χ3v) is 4.90. The van der Waals surface area contributed by atoms with Crippen molar-refractivity contribution in [3.05, 3.63) is 77.6 Å². The Labute approximate surface area is 175 Å². The van der Waals surface area contributed by atoms with Gasteiger partial charge in [0, 0.05) is 25.1 Å². The second kappa shape index (κ2) is 8.84. The van der Waals surface area contributed by atoms with Gasteiger partial charge in [-0.15, -0.1) is 10.2 Å². The summed E-state index contributed by atoms with van der Waals surface area (Å²) in [6.45, 7) is 1.35. The molecule has 0 saturated carbocycles. The van der Waals surface area contributed by atoms with Crippen molar-refractivity contribution in [2.24, 2.45) is 0 Å². The maximum absolute atomic E-state index is 12.5. The number of aromatic nitrogens is 4. The first-order valence-corrected chi connectivity index (χ1v) is 9.87. The lowest BCUT2D eigenvalue weighted by Gasteiger charge is -2.13. The average molecular weight is 400 g/mol. The molecule has 152 valence electrons. The van der Waals surface area contributed by atoms with Gasteiger partial charge >= 0.3 is 0 Å². The third kappa shape index (κ3) is 4.52. The van der Waals surface area contributed by atoms with Crippen LogP contribution in [0.5, 0.6) is 0 Å². The van der Waals surface area contributed by atoms with Crippen molar-refractivity contribution < 1.29 is 4.79 Å². The van der Waals surface area contributed by atoms with Gasteiger partial charge in [-0.3, -0.25) is 4.79 Å². The van der Waals surface area contributed by atoms with Crippen molar-refractivity contribution in [1.29, 1.82) is 0 Å². The van der Waals surface area contributed by atoms with E-state index in [1.807, 2.05) is 30.3 Å². The Morgan fingerprint density at radius 3 is 2.73 bits per heavy atom. The van der Waals surface area contributed by atoms with Gasteiger partial charge in [-0.25, -0.2) is 0 Å². The van der Waals surface area contributed by atoms with Crippen LogP contribution < -0.4 is 5.32 Å². The molecule has 4 aromatic rings. The molecule has 0 aliphatic rings. The Hall–Kier alpha value is -3.58. The maximum Gasteiger partial charge on any atom is 0.251 e. The normalized spacial score (nSPS) is 11.2. The van der Waals surface area contributed by atoms with E-state index in [-0.39, 0.29) is 5.91 Å². The van der Waals surface area contributed by atoms with Gasteiger partial charge in [-0.05, 0) is 59.8 Å². The maximum atomic E-state index is 12.5. The number of H-pyrrole nitrogens is 1. The summed E-state index contributed by atoms with van der Waals surface area (Å²) in [7, 11) is 4.14. The van der Waals surface area contributed by atoms with Gasteiger partial charge in [-0.1, -0.05) is 47.7 Å². The second-order valence-corrected chi connectivity index (χ2v) is 7.51. The van der Waals surface area contributed by atoms with Crippen LogP contribution in [0, 0.1) is 0 Å². The molecule has 0 atom stereocenters. The number of carbonyl (C=O) groups is 1. The summed E-state index contributed by atoms with van der Waals surface area (Å²) in [5, 5.41) is 18.8. The predicted octanol–water partition coefficient (Wildman–Crippen LogP) is 3.05. The molecule has 0 aliphatic heterocycles. The van der Waals surface area contributed by atoms with Gasteiger partial charge in [-0.2, -0.15) is 5.21 Å². The molecule has 3 aromatic carbocycles. The van der Waals surface area contributed by atoms with Crippen LogP contribution in [-0.2, 0) is 13.0 Å². The Morgan fingerprint density at radius 2 is 1.93 bits per heavy atom. The number of nitrogens with one attached hydrogen (secondary N) is 2. The van der Waals surface area contributed by atoms with Gasteiger partial charge < -0.3 is 10.2 Å². The highest BCUT2D eigenvalue weighted by atomic mass is 16.1.